The number of halogens is 1. The zero-order valence-electron chi connectivity index (χ0n) is 10.9. The van der Waals surface area contributed by atoms with Gasteiger partial charge in [0, 0.05) is 23.3 Å². The minimum atomic E-state index is -0.793. The maximum absolute atomic E-state index is 13.3. The van der Waals surface area contributed by atoms with Gasteiger partial charge in [0.25, 0.3) is 5.91 Å². The Hall–Kier alpha value is -2.95. The molecule has 2 N–H and O–H groups in total. The molecule has 1 aromatic heterocycles. The molecule has 0 bridgehead atoms. The lowest BCUT2D eigenvalue weighted by molar-refractivity contribution is 0.102. The van der Waals surface area contributed by atoms with Crippen molar-refractivity contribution in [3.63, 3.8) is 0 Å². The molecule has 0 aliphatic carbocycles. The Balaban J connectivity index is 1.95. The highest BCUT2D eigenvalue weighted by atomic mass is 19.1. The van der Waals surface area contributed by atoms with Crippen LogP contribution in [0, 0.1) is 5.82 Å². The maximum atomic E-state index is 13.3. The van der Waals surface area contributed by atoms with Crippen molar-refractivity contribution in [2.75, 3.05) is 5.32 Å². The number of benzene rings is 2. The summed E-state index contributed by atoms with van der Waals surface area (Å²) in [5.74, 6) is -1.69. The van der Waals surface area contributed by atoms with Crippen LogP contribution in [0.2, 0.25) is 0 Å². The highest BCUT2D eigenvalue weighted by molar-refractivity contribution is 6.11. The summed E-state index contributed by atoms with van der Waals surface area (Å²) in [5, 5.41) is 13.3. The van der Waals surface area contributed by atoms with E-state index in [-0.39, 0.29) is 11.4 Å². The van der Waals surface area contributed by atoms with Gasteiger partial charge in [0.1, 0.15) is 5.69 Å². The van der Waals surface area contributed by atoms with Gasteiger partial charge in [-0.15, -0.1) is 0 Å². The monoisotopic (exact) mass is 282 g/mol. The molecule has 0 saturated carbocycles. The second-order valence-corrected chi connectivity index (χ2v) is 4.50. The number of rotatable bonds is 2. The summed E-state index contributed by atoms with van der Waals surface area (Å²) < 4.78 is 13.3. The summed E-state index contributed by atoms with van der Waals surface area (Å²) in [6, 6.07) is 12.8. The molecule has 0 saturated heterocycles. The largest absolute Gasteiger partial charge is 0.505 e. The molecule has 2 aromatic carbocycles. The number of pyridine rings is 1. The number of carbonyl (C=O) groups excluding carboxylic acids is 1. The molecule has 104 valence electrons. The lowest BCUT2D eigenvalue weighted by Gasteiger charge is -2.07. The van der Waals surface area contributed by atoms with Gasteiger partial charge in [-0.2, -0.15) is 0 Å². The number of hydrogen-bond acceptors (Lipinski definition) is 3. The highest BCUT2D eigenvalue weighted by Gasteiger charge is 2.12. The van der Waals surface area contributed by atoms with Crippen molar-refractivity contribution in [3.8, 4) is 5.75 Å². The molecule has 0 atom stereocenters. The molecule has 0 spiro atoms. The number of anilines is 1. The van der Waals surface area contributed by atoms with E-state index in [4.69, 9.17) is 5.11 Å². The van der Waals surface area contributed by atoms with Crippen molar-refractivity contribution in [3.05, 3.63) is 66.2 Å². The van der Waals surface area contributed by atoms with Gasteiger partial charge in [0.05, 0.1) is 0 Å². The average molecular weight is 282 g/mol. The van der Waals surface area contributed by atoms with E-state index in [1.165, 1.54) is 12.1 Å². The topological polar surface area (TPSA) is 62.2 Å². The molecule has 0 aliphatic heterocycles. The second-order valence-electron chi connectivity index (χ2n) is 4.50. The minimum Gasteiger partial charge on any atom is -0.505 e. The summed E-state index contributed by atoms with van der Waals surface area (Å²) in [6.45, 7) is 0. The predicted molar refractivity (Wildman–Crippen MR) is 77.8 cm³/mol. The fourth-order valence-electron chi connectivity index (χ4n) is 2.08. The van der Waals surface area contributed by atoms with E-state index in [9.17, 15) is 9.18 Å². The molecule has 4 nitrogen and oxygen atoms in total. The van der Waals surface area contributed by atoms with E-state index in [0.29, 0.717) is 0 Å². The maximum Gasteiger partial charge on any atom is 0.274 e. The van der Waals surface area contributed by atoms with Gasteiger partial charge in [0.15, 0.2) is 11.6 Å². The van der Waals surface area contributed by atoms with E-state index in [1.807, 2.05) is 24.3 Å². The first-order valence-corrected chi connectivity index (χ1v) is 6.29. The van der Waals surface area contributed by atoms with E-state index < -0.39 is 17.5 Å². The Morgan fingerprint density at radius 2 is 1.95 bits per heavy atom. The van der Waals surface area contributed by atoms with Crippen molar-refractivity contribution in [1.82, 2.24) is 4.98 Å². The first kappa shape index (κ1) is 13.1. The van der Waals surface area contributed by atoms with Gasteiger partial charge in [-0.05, 0) is 23.6 Å². The quantitative estimate of drug-likeness (QED) is 0.709. The molecular formula is C16H11FN2O2. The van der Waals surface area contributed by atoms with Gasteiger partial charge >= 0.3 is 0 Å². The van der Waals surface area contributed by atoms with E-state index in [0.717, 1.165) is 16.8 Å². The molecular weight excluding hydrogens is 271 g/mol. The van der Waals surface area contributed by atoms with Crippen LogP contribution in [-0.4, -0.2) is 16.0 Å². The normalized spacial score (nSPS) is 10.5. The van der Waals surface area contributed by atoms with Gasteiger partial charge in [-0.25, -0.2) is 4.39 Å². The third-order valence-electron chi connectivity index (χ3n) is 3.09. The third-order valence-corrected chi connectivity index (χ3v) is 3.09. The van der Waals surface area contributed by atoms with Crippen LogP contribution in [-0.2, 0) is 0 Å². The highest BCUT2D eigenvalue weighted by Crippen LogP contribution is 2.21. The molecule has 3 rings (SSSR count). The molecule has 21 heavy (non-hydrogen) atoms. The van der Waals surface area contributed by atoms with Gasteiger partial charge in [0.2, 0.25) is 0 Å². The summed E-state index contributed by atoms with van der Waals surface area (Å²) in [5.41, 5.74) is 0.520. The number of aromatic hydroxyl groups is 1. The Bertz CT molecular complexity index is 828. The van der Waals surface area contributed by atoms with Gasteiger partial charge in [-0.1, -0.05) is 24.3 Å². The fourth-order valence-corrected chi connectivity index (χ4v) is 2.08. The van der Waals surface area contributed by atoms with Crippen LogP contribution >= 0.6 is 0 Å². The summed E-state index contributed by atoms with van der Waals surface area (Å²) >= 11 is 0. The Morgan fingerprint density at radius 1 is 1.14 bits per heavy atom. The van der Waals surface area contributed by atoms with Crippen molar-refractivity contribution >= 4 is 22.4 Å². The zero-order valence-corrected chi connectivity index (χ0v) is 10.9. The molecule has 0 radical (unpaired) electrons. The number of amides is 1. The van der Waals surface area contributed by atoms with Crippen LogP contribution in [0.4, 0.5) is 10.1 Å². The molecule has 3 aromatic rings. The van der Waals surface area contributed by atoms with Crippen molar-refractivity contribution in [2.24, 2.45) is 0 Å². The second kappa shape index (κ2) is 5.20. The van der Waals surface area contributed by atoms with Crippen LogP contribution < -0.4 is 5.32 Å². The van der Waals surface area contributed by atoms with E-state index in [2.05, 4.69) is 10.3 Å². The average Bonchev–Trinajstić information content (AvgIpc) is 2.50. The smallest absolute Gasteiger partial charge is 0.274 e. The van der Waals surface area contributed by atoms with Crippen molar-refractivity contribution in [1.29, 1.82) is 0 Å². The van der Waals surface area contributed by atoms with E-state index >= 15 is 0 Å². The lowest BCUT2D eigenvalue weighted by atomic mass is 10.1. The van der Waals surface area contributed by atoms with Crippen LogP contribution in [0.1, 0.15) is 10.5 Å². The van der Waals surface area contributed by atoms with Crippen molar-refractivity contribution in [2.45, 2.75) is 0 Å². The van der Waals surface area contributed by atoms with Gasteiger partial charge < -0.3 is 10.4 Å². The number of nitrogens with zero attached hydrogens (tertiary/aromatic N) is 1. The Kier molecular flexibility index (Phi) is 3.23. The third kappa shape index (κ3) is 2.53. The first-order chi connectivity index (χ1) is 10.1. The van der Waals surface area contributed by atoms with Crippen LogP contribution in [0.5, 0.6) is 5.75 Å². The number of phenols is 1. The van der Waals surface area contributed by atoms with Crippen LogP contribution in [0.3, 0.4) is 0 Å². The lowest BCUT2D eigenvalue weighted by Crippen LogP contribution is -2.14. The number of fused-ring (bicyclic) bond motifs is 1. The molecule has 1 heterocycles. The van der Waals surface area contributed by atoms with E-state index in [1.54, 1.807) is 12.3 Å². The summed E-state index contributed by atoms with van der Waals surface area (Å²) in [6.07, 6.45) is 1.55. The van der Waals surface area contributed by atoms with Crippen molar-refractivity contribution < 1.29 is 14.3 Å². The predicted octanol–water partition coefficient (Wildman–Crippen LogP) is 3.33. The minimum absolute atomic E-state index is 0.255. The Labute approximate surface area is 119 Å². The number of carbonyl (C=O) groups is 1. The molecule has 5 heteroatoms. The first-order valence-electron chi connectivity index (χ1n) is 6.29. The van der Waals surface area contributed by atoms with Gasteiger partial charge in [-0.3, -0.25) is 9.78 Å². The summed E-state index contributed by atoms with van der Waals surface area (Å²) in [7, 11) is 0. The Morgan fingerprint density at radius 3 is 2.76 bits per heavy atom. The number of phenolic OH excluding ortho intramolecular Hbond substituents is 1. The standard InChI is InChI=1S/C16H11FN2O2/c17-13-9-11(5-6-14(13)20)19-16(21)15-12-4-2-1-3-10(12)7-8-18-15/h1-9,20H,(H,19,21). The van der Waals surface area contributed by atoms with Crippen LogP contribution in [0.15, 0.2) is 54.7 Å². The molecule has 0 unspecified atom stereocenters. The molecule has 0 fully saturated rings. The fraction of sp³-hybridized carbons (Fsp3) is 0. The zero-order chi connectivity index (χ0) is 14.8. The molecule has 0 aliphatic rings. The number of nitrogens with one attached hydrogen (secondary N) is 1. The summed E-state index contributed by atoms with van der Waals surface area (Å²) in [4.78, 5) is 16.4. The van der Waals surface area contributed by atoms with Crippen LogP contribution in [0.25, 0.3) is 10.8 Å². The number of hydrogen-bond donors (Lipinski definition) is 2. The SMILES string of the molecule is O=C(Nc1ccc(O)c(F)c1)c1nccc2ccccc12. The number of aromatic nitrogens is 1. The molecule has 1 amide bonds.